The molecule has 0 spiro atoms. The maximum atomic E-state index is 11.8. The number of piperazine rings is 1. The van der Waals surface area contributed by atoms with Gasteiger partial charge in [0.05, 0.1) is 17.6 Å². The fourth-order valence-electron chi connectivity index (χ4n) is 4.64. The predicted molar refractivity (Wildman–Crippen MR) is 143 cm³/mol. The van der Waals surface area contributed by atoms with Crippen LogP contribution >= 0.6 is 0 Å². The molecule has 4 heterocycles. The molecular weight excluding hydrogens is 466 g/mol. The van der Waals surface area contributed by atoms with Gasteiger partial charge in [0.25, 0.3) is 0 Å². The first-order valence-corrected chi connectivity index (χ1v) is 12.7. The van der Waals surface area contributed by atoms with Crippen LogP contribution in [0.2, 0.25) is 0 Å². The van der Waals surface area contributed by atoms with Crippen LogP contribution in [0, 0.1) is 11.3 Å². The lowest BCUT2D eigenvalue weighted by Crippen LogP contribution is -2.48. The van der Waals surface area contributed by atoms with E-state index in [0.29, 0.717) is 54.7 Å². The molecule has 1 unspecified atom stereocenters. The van der Waals surface area contributed by atoms with Crippen LogP contribution < -0.4 is 10.2 Å². The summed E-state index contributed by atoms with van der Waals surface area (Å²) in [6, 6.07) is 12.4. The quantitative estimate of drug-likeness (QED) is 0.424. The Hall–Kier alpha value is -4.26. The number of hydrogen-bond acceptors (Lipinski definition) is 8. The van der Waals surface area contributed by atoms with Crippen LogP contribution in [0.3, 0.4) is 0 Å². The second kappa shape index (κ2) is 10.0. The number of amides is 1. The molecule has 1 N–H and O–H groups in total. The highest BCUT2D eigenvalue weighted by atomic mass is 16.2. The van der Waals surface area contributed by atoms with Gasteiger partial charge in [-0.05, 0) is 38.0 Å². The average molecular weight is 498 g/mol. The van der Waals surface area contributed by atoms with Gasteiger partial charge in [-0.25, -0.2) is 9.67 Å². The number of benzene rings is 1. The lowest BCUT2D eigenvalue weighted by Gasteiger charge is -2.34. The Kier molecular flexibility index (Phi) is 6.61. The van der Waals surface area contributed by atoms with Crippen molar-refractivity contribution in [3.63, 3.8) is 0 Å². The second-order valence-corrected chi connectivity index (χ2v) is 9.55. The summed E-state index contributed by atoms with van der Waals surface area (Å²) in [7, 11) is 0. The molecular formula is C27H31N9O. The zero-order valence-electron chi connectivity index (χ0n) is 21.6. The van der Waals surface area contributed by atoms with Gasteiger partial charge in [0.2, 0.25) is 11.9 Å². The first-order chi connectivity index (χ1) is 17.9. The minimum absolute atomic E-state index is 0.0429. The van der Waals surface area contributed by atoms with Gasteiger partial charge in [-0.3, -0.25) is 9.78 Å². The van der Waals surface area contributed by atoms with Crippen molar-refractivity contribution in [3.05, 3.63) is 47.8 Å². The molecule has 190 valence electrons. The number of carbonyl (C=O) groups is 1. The normalized spacial score (nSPS) is 15.5. The first kappa shape index (κ1) is 24.4. The molecule has 5 rings (SSSR count). The number of anilines is 2. The third-order valence-corrected chi connectivity index (χ3v) is 7.12. The van der Waals surface area contributed by atoms with Gasteiger partial charge in [-0.15, -0.1) is 0 Å². The summed E-state index contributed by atoms with van der Waals surface area (Å²) < 4.78 is 1.75. The number of nitrogens with zero attached hydrogens (tertiary/aromatic N) is 8. The van der Waals surface area contributed by atoms with E-state index in [1.165, 1.54) is 0 Å². The van der Waals surface area contributed by atoms with Crippen LogP contribution in [-0.4, -0.2) is 61.7 Å². The highest BCUT2D eigenvalue weighted by Gasteiger charge is 2.26. The second-order valence-electron chi connectivity index (χ2n) is 9.55. The number of nitriles is 1. The van der Waals surface area contributed by atoms with Crippen molar-refractivity contribution in [2.75, 3.05) is 36.4 Å². The van der Waals surface area contributed by atoms with E-state index in [2.05, 4.69) is 41.2 Å². The first-order valence-electron chi connectivity index (χ1n) is 12.7. The number of pyridine rings is 1. The third-order valence-electron chi connectivity index (χ3n) is 7.12. The lowest BCUT2D eigenvalue weighted by atomic mass is 10.1. The van der Waals surface area contributed by atoms with Gasteiger partial charge in [0.15, 0.2) is 17.0 Å². The van der Waals surface area contributed by atoms with Gasteiger partial charge in [-0.2, -0.15) is 15.3 Å². The summed E-state index contributed by atoms with van der Waals surface area (Å²) in [4.78, 5) is 30.0. The molecule has 1 fully saturated rings. The Morgan fingerprint density at radius 3 is 2.59 bits per heavy atom. The molecule has 0 radical (unpaired) electrons. The van der Waals surface area contributed by atoms with E-state index >= 15 is 0 Å². The highest BCUT2D eigenvalue weighted by Crippen LogP contribution is 2.31. The Balaban J connectivity index is 1.56. The fourth-order valence-corrected chi connectivity index (χ4v) is 4.64. The van der Waals surface area contributed by atoms with Crippen molar-refractivity contribution in [1.29, 1.82) is 5.26 Å². The van der Waals surface area contributed by atoms with Gasteiger partial charge < -0.3 is 15.1 Å². The largest absolute Gasteiger partial charge is 0.361 e. The zero-order chi connectivity index (χ0) is 26.1. The van der Waals surface area contributed by atoms with E-state index in [9.17, 15) is 10.1 Å². The SMILES string of the molecule is CCC(C)n1nc2c(N[C@H](C)c3cnc4ccccc4c3)nc(N3CCN(C(C)=O)CC3)nc2c1C#N. The average Bonchev–Trinajstić information content (AvgIpc) is 3.31. The summed E-state index contributed by atoms with van der Waals surface area (Å²) >= 11 is 0. The lowest BCUT2D eigenvalue weighted by molar-refractivity contribution is -0.129. The van der Waals surface area contributed by atoms with Crippen molar-refractivity contribution >= 4 is 39.6 Å². The summed E-state index contributed by atoms with van der Waals surface area (Å²) in [5.74, 6) is 1.17. The molecule has 37 heavy (non-hydrogen) atoms. The molecule has 10 nitrogen and oxygen atoms in total. The molecule has 4 aromatic rings. The summed E-state index contributed by atoms with van der Waals surface area (Å²) in [5, 5.41) is 19.4. The van der Waals surface area contributed by atoms with Crippen LogP contribution in [0.4, 0.5) is 11.8 Å². The number of fused-ring (bicyclic) bond motifs is 2. The van der Waals surface area contributed by atoms with Gasteiger partial charge >= 0.3 is 0 Å². The molecule has 1 aliphatic rings. The van der Waals surface area contributed by atoms with E-state index in [0.717, 1.165) is 22.9 Å². The molecule has 1 aromatic carbocycles. The molecule has 1 aliphatic heterocycles. The maximum absolute atomic E-state index is 11.8. The topological polar surface area (TPSA) is 116 Å². The molecule has 0 saturated carbocycles. The van der Waals surface area contributed by atoms with Crippen LogP contribution in [0.25, 0.3) is 21.9 Å². The monoisotopic (exact) mass is 497 g/mol. The van der Waals surface area contributed by atoms with Crippen molar-refractivity contribution in [2.45, 2.75) is 46.2 Å². The van der Waals surface area contributed by atoms with Crippen molar-refractivity contribution in [1.82, 2.24) is 29.6 Å². The van der Waals surface area contributed by atoms with Crippen LogP contribution in [0.5, 0.6) is 0 Å². The summed E-state index contributed by atoms with van der Waals surface area (Å²) in [6.07, 6.45) is 2.70. The number of hydrogen-bond donors (Lipinski definition) is 1. The Morgan fingerprint density at radius 1 is 1.14 bits per heavy atom. The fraction of sp³-hybridized carbons (Fsp3) is 0.407. The minimum Gasteiger partial charge on any atom is -0.361 e. The predicted octanol–water partition coefficient (Wildman–Crippen LogP) is 4.06. The van der Waals surface area contributed by atoms with Gasteiger partial charge in [0.1, 0.15) is 11.6 Å². The van der Waals surface area contributed by atoms with E-state index < -0.39 is 0 Å². The number of carbonyl (C=O) groups excluding carboxylic acids is 1. The van der Waals surface area contributed by atoms with Gasteiger partial charge in [-0.1, -0.05) is 25.1 Å². The standard InChI is InChI=1S/C27H31N9O/c1-5-17(2)36-23(15-28)24-25(33-36)26(32-27(31-24)35-12-10-34(11-13-35)19(4)37)30-18(3)21-14-20-8-6-7-9-22(20)29-16-21/h6-9,14,16-18H,5,10-13H2,1-4H3,(H,30,31,32)/t17?,18-/m1/s1. The Labute approximate surface area is 215 Å². The molecule has 1 saturated heterocycles. The van der Waals surface area contributed by atoms with E-state index in [1.807, 2.05) is 42.3 Å². The smallest absolute Gasteiger partial charge is 0.228 e. The molecule has 3 aromatic heterocycles. The Bertz CT molecular complexity index is 1500. The molecule has 2 atom stereocenters. The zero-order valence-corrected chi connectivity index (χ0v) is 21.6. The van der Waals surface area contributed by atoms with E-state index in [4.69, 9.17) is 15.1 Å². The molecule has 10 heteroatoms. The maximum Gasteiger partial charge on any atom is 0.228 e. The van der Waals surface area contributed by atoms with Crippen LogP contribution in [-0.2, 0) is 4.79 Å². The number of rotatable bonds is 6. The number of aromatic nitrogens is 5. The van der Waals surface area contributed by atoms with Crippen molar-refractivity contribution in [2.24, 2.45) is 0 Å². The molecule has 0 bridgehead atoms. The van der Waals surface area contributed by atoms with E-state index in [-0.39, 0.29) is 18.0 Å². The third kappa shape index (κ3) is 4.65. The highest BCUT2D eigenvalue weighted by molar-refractivity contribution is 5.90. The van der Waals surface area contributed by atoms with Gasteiger partial charge in [0, 0.05) is 44.7 Å². The molecule has 1 amide bonds. The van der Waals surface area contributed by atoms with Crippen LogP contribution in [0.1, 0.15) is 57.5 Å². The van der Waals surface area contributed by atoms with Crippen molar-refractivity contribution < 1.29 is 4.79 Å². The summed E-state index contributed by atoms with van der Waals surface area (Å²) in [6.45, 7) is 10.2. The van der Waals surface area contributed by atoms with Crippen molar-refractivity contribution in [3.8, 4) is 6.07 Å². The molecule has 0 aliphatic carbocycles. The number of nitrogens with one attached hydrogen (secondary N) is 1. The van der Waals surface area contributed by atoms with Crippen LogP contribution in [0.15, 0.2) is 36.5 Å². The minimum atomic E-state index is -0.114. The van der Waals surface area contributed by atoms with E-state index in [1.54, 1.807) is 11.6 Å². The Morgan fingerprint density at radius 2 is 1.89 bits per heavy atom. The number of para-hydroxylation sites is 1. The summed E-state index contributed by atoms with van der Waals surface area (Å²) in [5.41, 5.74) is 3.50.